The first kappa shape index (κ1) is 17.9. The van der Waals surface area contributed by atoms with Crippen LogP contribution in [0.2, 0.25) is 5.02 Å². The summed E-state index contributed by atoms with van der Waals surface area (Å²) in [4.78, 5) is 20.8. The molecular formula is C19H22ClN3O2. The number of amides is 1. The number of pyridine rings is 1. The second kappa shape index (κ2) is 8.43. The lowest BCUT2D eigenvalue weighted by atomic mass is 10.1. The number of rotatable bonds is 4. The summed E-state index contributed by atoms with van der Waals surface area (Å²) in [5.74, 6) is -0.281. The van der Waals surface area contributed by atoms with Crippen molar-refractivity contribution >= 4 is 17.5 Å². The van der Waals surface area contributed by atoms with Crippen LogP contribution >= 0.6 is 11.6 Å². The van der Waals surface area contributed by atoms with E-state index in [0.717, 1.165) is 26.1 Å². The van der Waals surface area contributed by atoms with Gasteiger partial charge in [0.1, 0.15) is 0 Å². The number of hydrogen-bond acceptors (Lipinski definition) is 4. The van der Waals surface area contributed by atoms with Crippen molar-refractivity contribution in [2.45, 2.75) is 19.1 Å². The number of carbonyl (C=O) groups is 1. The lowest BCUT2D eigenvalue weighted by Crippen LogP contribution is -2.38. The zero-order chi connectivity index (χ0) is 17.6. The Morgan fingerprint density at radius 3 is 2.76 bits per heavy atom. The van der Waals surface area contributed by atoms with Gasteiger partial charge in [0.2, 0.25) is 0 Å². The van der Waals surface area contributed by atoms with Crippen LogP contribution in [0, 0.1) is 0 Å². The SMILES string of the molecule is O=C([C@H](O)c1ccccc1Cl)N1CCCN(Cc2cccnc2)CC1. The van der Waals surface area contributed by atoms with E-state index in [1.54, 1.807) is 35.4 Å². The van der Waals surface area contributed by atoms with Crippen LogP contribution in [-0.4, -0.2) is 52.0 Å². The van der Waals surface area contributed by atoms with E-state index in [2.05, 4.69) is 16.0 Å². The molecule has 5 nitrogen and oxygen atoms in total. The Balaban J connectivity index is 1.60. The van der Waals surface area contributed by atoms with E-state index < -0.39 is 6.10 Å². The van der Waals surface area contributed by atoms with Crippen LogP contribution in [0.1, 0.15) is 23.7 Å². The fraction of sp³-hybridized carbons (Fsp3) is 0.368. The van der Waals surface area contributed by atoms with Crippen LogP contribution in [0.5, 0.6) is 0 Å². The number of aliphatic hydroxyl groups excluding tert-OH is 1. The van der Waals surface area contributed by atoms with E-state index in [4.69, 9.17) is 11.6 Å². The predicted molar refractivity (Wildman–Crippen MR) is 97.1 cm³/mol. The molecule has 2 heterocycles. The summed E-state index contributed by atoms with van der Waals surface area (Å²) in [6.07, 6.45) is 3.30. The van der Waals surface area contributed by atoms with Crippen LogP contribution in [0.3, 0.4) is 0 Å². The number of nitrogens with zero attached hydrogens (tertiary/aromatic N) is 3. The molecule has 1 aliphatic heterocycles. The molecule has 1 aromatic heterocycles. The number of hydrogen-bond donors (Lipinski definition) is 1. The minimum atomic E-state index is -1.21. The second-order valence-corrected chi connectivity index (χ2v) is 6.65. The van der Waals surface area contributed by atoms with Gasteiger partial charge >= 0.3 is 0 Å². The predicted octanol–water partition coefficient (Wildman–Crippen LogP) is 2.50. The van der Waals surface area contributed by atoms with E-state index in [-0.39, 0.29) is 5.91 Å². The monoisotopic (exact) mass is 359 g/mol. The molecule has 1 aliphatic rings. The van der Waals surface area contributed by atoms with Gasteiger partial charge in [-0.15, -0.1) is 0 Å². The van der Waals surface area contributed by atoms with Gasteiger partial charge in [-0.3, -0.25) is 14.7 Å². The Hall–Kier alpha value is -1.95. The molecule has 0 saturated carbocycles. The van der Waals surface area contributed by atoms with E-state index >= 15 is 0 Å². The van der Waals surface area contributed by atoms with E-state index in [9.17, 15) is 9.90 Å². The van der Waals surface area contributed by atoms with Gasteiger partial charge in [-0.1, -0.05) is 35.9 Å². The maximum absolute atomic E-state index is 12.7. The van der Waals surface area contributed by atoms with Crippen molar-refractivity contribution in [3.63, 3.8) is 0 Å². The van der Waals surface area contributed by atoms with Gasteiger partial charge in [-0.2, -0.15) is 0 Å². The van der Waals surface area contributed by atoms with Gasteiger partial charge in [0.15, 0.2) is 6.10 Å². The van der Waals surface area contributed by atoms with Gasteiger partial charge in [0.25, 0.3) is 5.91 Å². The van der Waals surface area contributed by atoms with Crippen molar-refractivity contribution in [1.82, 2.24) is 14.8 Å². The van der Waals surface area contributed by atoms with Crippen LogP contribution in [0.25, 0.3) is 0 Å². The molecule has 0 spiro atoms. The number of halogens is 1. The first-order valence-corrected chi connectivity index (χ1v) is 8.85. The average Bonchev–Trinajstić information content (AvgIpc) is 2.87. The third-order valence-corrected chi connectivity index (χ3v) is 4.81. The highest BCUT2D eigenvalue weighted by Crippen LogP contribution is 2.24. The van der Waals surface area contributed by atoms with Crippen molar-refractivity contribution in [3.8, 4) is 0 Å². The normalized spacial score (nSPS) is 17.1. The maximum atomic E-state index is 12.7. The molecule has 0 bridgehead atoms. The third kappa shape index (κ3) is 4.57. The fourth-order valence-electron chi connectivity index (χ4n) is 3.10. The van der Waals surface area contributed by atoms with Gasteiger partial charge in [0, 0.05) is 55.7 Å². The first-order chi connectivity index (χ1) is 12.1. The summed E-state index contributed by atoms with van der Waals surface area (Å²) in [6, 6.07) is 10.9. The van der Waals surface area contributed by atoms with Gasteiger partial charge in [-0.05, 0) is 24.1 Å². The fourth-order valence-corrected chi connectivity index (χ4v) is 3.34. The molecule has 0 unspecified atom stereocenters. The molecule has 1 fully saturated rings. The Bertz CT molecular complexity index is 711. The molecular weight excluding hydrogens is 338 g/mol. The van der Waals surface area contributed by atoms with E-state index in [1.807, 2.05) is 12.3 Å². The molecule has 1 atom stereocenters. The topological polar surface area (TPSA) is 56.7 Å². The third-order valence-electron chi connectivity index (χ3n) is 4.46. The quantitative estimate of drug-likeness (QED) is 0.911. The minimum Gasteiger partial charge on any atom is -0.378 e. The van der Waals surface area contributed by atoms with Gasteiger partial charge in [0.05, 0.1) is 0 Å². The largest absolute Gasteiger partial charge is 0.378 e. The highest BCUT2D eigenvalue weighted by atomic mass is 35.5. The molecule has 3 rings (SSSR count). The summed E-state index contributed by atoms with van der Waals surface area (Å²) >= 11 is 6.10. The van der Waals surface area contributed by atoms with Crippen LogP contribution < -0.4 is 0 Å². The number of aromatic nitrogens is 1. The van der Waals surface area contributed by atoms with Gasteiger partial charge in [-0.25, -0.2) is 0 Å². The Labute approximate surface area is 152 Å². The molecule has 25 heavy (non-hydrogen) atoms. The molecule has 6 heteroatoms. The second-order valence-electron chi connectivity index (χ2n) is 6.24. The highest BCUT2D eigenvalue weighted by Gasteiger charge is 2.27. The molecule has 0 aliphatic carbocycles. The summed E-state index contributed by atoms with van der Waals surface area (Å²) in [5.41, 5.74) is 1.63. The van der Waals surface area contributed by atoms with Crippen molar-refractivity contribution in [1.29, 1.82) is 0 Å². The van der Waals surface area contributed by atoms with Crippen molar-refractivity contribution < 1.29 is 9.90 Å². The summed E-state index contributed by atoms with van der Waals surface area (Å²) in [6.45, 7) is 3.75. The zero-order valence-corrected chi connectivity index (χ0v) is 14.8. The Morgan fingerprint density at radius 1 is 1.16 bits per heavy atom. The highest BCUT2D eigenvalue weighted by molar-refractivity contribution is 6.31. The van der Waals surface area contributed by atoms with Crippen LogP contribution in [-0.2, 0) is 11.3 Å². The van der Waals surface area contributed by atoms with Crippen molar-refractivity contribution in [2.24, 2.45) is 0 Å². The summed E-state index contributed by atoms with van der Waals surface area (Å²) in [5, 5.41) is 10.8. The smallest absolute Gasteiger partial charge is 0.256 e. The molecule has 1 saturated heterocycles. The van der Waals surface area contributed by atoms with E-state index in [0.29, 0.717) is 23.7 Å². The van der Waals surface area contributed by atoms with Crippen LogP contribution in [0.15, 0.2) is 48.8 Å². The Morgan fingerprint density at radius 2 is 2.00 bits per heavy atom. The average molecular weight is 360 g/mol. The number of aliphatic hydroxyl groups is 1. The Kier molecular flexibility index (Phi) is 6.02. The summed E-state index contributed by atoms with van der Waals surface area (Å²) in [7, 11) is 0. The maximum Gasteiger partial charge on any atom is 0.256 e. The van der Waals surface area contributed by atoms with Crippen molar-refractivity contribution in [3.05, 3.63) is 64.9 Å². The number of benzene rings is 1. The van der Waals surface area contributed by atoms with Gasteiger partial charge < -0.3 is 10.0 Å². The molecule has 1 N–H and O–H groups in total. The zero-order valence-electron chi connectivity index (χ0n) is 14.0. The molecule has 2 aromatic rings. The minimum absolute atomic E-state index is 0.281. The molecule has 0 radical (unpaired) electrons. The van der Waals surface area contributed by atoms with Crippen LogP contribution in [0.4, 0.5) is 0 Å². The molecule has 1 amide bonds. The molecule has 132 valence electrons. The van der Waals surface area contributed by atoms with Crippen molar-refractivity contribution in [2.75, 3.05) is 26.2 Å². The lowest BCUT2D eigenvalue weighted by molar-refractivity contribution is -0.140. The molecule has 1 aromatic carbocycles. The number of carbonyl (C=O) groups excluding carboxylic acids is 1. The standard InChI is InChI=1S/C19H22ClN3O2/c20-17-7-2-1-6-16(17)18(24)19(25)23-10-4-9-22(11-12-23)14-15-5-3-8-21-13-15/h1-3,5-8,13,18,24H,4,9-12,14H2/t18-/m1/s1. The van der Waals surface area contributed by atoms with E-state index in [1.165, 1.54) is 5.56 Å². The summed E-state index contributed by atoms with van der Waals surface area (Å²) < 4.78 is 0. The first-order valence-electron chi connectivity index (χ1n) is 8.47. The lowest BCUT2D eigenvalue weighted by Gasteiger charge is -2.24.